The molecule has 12 heteroatoms. The number of imidazole rings is 1. The zero-order valence-corrected chi connectivity index (χ0v) is 24.9. The van der Waals surface area contributed by atoms with Crippen molar-refractivity contribution in [2.75, 3.05) is 24.6 Å². The number of nitrogens with zero attached hydrogens (tertiary/aromatic N) is 7. The molecule has 11 nitrogen and oxygen atoms in total. The van der Waals surface area contributed by atoms with E-state index in [0.29, 0.717) is 35.1 Å². The van der Waals surface area contributed by atoms with Crippen LogP contribution >= 0.6 is 11.6 Å². The minimum Gasteiger partial charge on any atom is -0.382 e. The third-order valence-electron chi connectivity index (χ3n) is 7.31. The first-order chi connectivity index (χ1) is 20.7. The second kappa shape index (κ2) is 13.1. The molecule has 4 aromatic heterocycles. The molecule has 5 heterocycles. The standard InChI is InChI=1S/C26H29N7O.C5H3ClN2O/c1-16(2)19-10-11-28-21(15-19)30-26(34)18-8-6-17(7-9-18)22-23-24(27)29-12-14-33(23)25(31-22)20-5-4-13-32(20)3;6-5-7-2-1-4(3-9)8-5/h6-12,14-16,20H,4-5,13H2,1-3H3,(H2,27,29)(H,28,30,34);1-3H. The Kier molecular flexibility index (Phi) is 9.03. The summed E-state index contributed by atoms with van der Waals surface area (Å²) in [5.74, 6) is 2.11. The molecular formula is C31H32ClN9O2. The minimum absolute atomic E-state index is 0.0969. The maximum Gasteiger partial charge on any atom is 0.256 e. The number of hydrogen-bond donors (Lipinski definition) is 2. The van der Waals surface area contributed by atoms with Crippen LogP contribution in [0.25, 0.3) is 16.8 Å². The van der Waals surface area contributed by atoms with Crippen LogP contribution in [-0.4, -0.2) is 60.0 Å². The maximum absolute atomic E-state index is 12.8. The Morgan fingerprint density at radius 2 is 1.84 bits per heavy atom. The van der Waals surface area contributed by atoms with Gasteiger partial charge in [-0.15, -0.1) is 0 Å². The molecule has 1 unspecified atom stereocenters. The fraction of sp³-hybridized carbons (Fsp3) is 0.258. The summed E-state index contributed by atoms with van der Waals surface area (Å²) in [5, 5.41) is 2.99. The third kappa shape index (κ3) is 6.68. The largest absolute Gasteiger partial charge is 0.382 e. The number of benzene rings is 1. The Hall–Kier alpha value is -4.74. The molecule has 1 saturated heterocycles. The Bertz CT molecular complexity index is 1750. The second-order valence-electron chi connectivity index (χ2n) is 10.5. The van der Waals surface area contributed by atoms with Crippen molar-refractivity contribution < 1.29 is 9.59 Å². The number of rotatable bonds is 6. The van der Waals surface area contributed by atoms with E-state index in [-0.39, 0.29) is 17.2 Å². The van der Waals surface area contributed by atoms with Gasteiger partial charge in [0.15, 0.2) is 6.29 Å². The van der Waals surface area contributed by atoms with Crippen molar-refractivity contribution in [3.05, 3.63) is 95.2 Å². The van der Waals surface area contributed by atoms with E-state index in [1.807, 2.05) is 30.5 Å². The lowest BCUT2D eigenvalue weighted by atomic mass is 10.1. The topological polar surface area (TPSA) is 144 Å². The van der Waals surface area contributed by atoms with Gasteiger partial charge in [-0.05, 0) is 79.8 Å². The van der Waals surface area contributed by atoms with E-state index in [2.05, 4.69) is 55.4 Å². The Labute approximate surface area is 254 Å². The highest BCUT2D eigenvalue weighted by Gasteiger charge is 2.28. The lowest BCUT2D eigenvalue weighted by molar-refractivity contribution is 0.102. The number of nitrogen functional groups attached to an aromatic ring is 1. The van der Waals surface area contributed by atoms with E-state index in [4.69, 9.17) is 22.3 Å². The summed E-state index contributed by atoms with van der Waals surface area (Å²) in [4.78, 5) is 45.9. The molecule has 43 heavy (non-hydrogen) atoms. The number of amides is 1. The molecule has 0 aliphatic carbocycles. The summed E-state index contributed by atoms with van der Waals surface area (Å²) in [6.07, 6.45) is 9.60. The number of halogens is 1. The second-order valence-corrected chi connectivity index (χ2v) is 10.9. The minimum atomic E-state index is -0.205. The fourth-order valence-electron chi connectivity index (χ4n) is 5.02. The highest BCUT2D eigenvalue weighted by atomic mass is 35.5. The average Bonchev–Trinajstić information content (AvgIpc) is 3.61. The zero-order valence-electron chi connectivity index (χ0n) is 24.1. The number of likely N-dealkylation sites (tertiary alicyclic amines) is 1. The van der Waals surface area contributed by atoms with Gasteiger partial charge in [0.05, 0.1) is 6.04 Å². The summed E-state index contributed by atoms with van der Waals surface area (Å²) in [7, 11) is 2.13. The van der Waals surface area contributed by atoms with Crippen LogP contribution in [0.1, 0.15) is 70.9 Å². The third-order valence-corrected chi connectivity index (χ3v) is 7.49. The van der Waals surface area contributed by atoms with Crippen LogP contribution in [0.3, 0.4) is 0 Å². The quantitative estimate of drug-likeness (QED) is 0.192. The van der Waals surface area contributed by atoms with Gasteiger partial charge in [-0.25, -0.2) is 24.9 Å². The van der Waals surface area contributed by atoms with Gasteiger partial charge < -0.3 is 11.1 Å². The Morgan fingerprint density at radius 1 is 1.07 bits per heavy atom. The van der Waals surface area contributed by atoms with E-state index in [1.165, 1.54) is 12.3 Å². The summed E-state index contributed by atoms with van der Waals surface area (Å²) in [6, 6.07) is 13.0. The number of nitrogens with two attached hydrogens (primary N) is 1. The van der Waals surface area contributed by atoms with Crippen LogP contribution in [0, 0.1) is 0 Å². The average molecular weight is 598 g/mol. The number of nitrogens with one attached hydrogen (secondary N) is 1. The van der Waals surface area contributed by atoms with E-state index in [0.717, 1.165) is 47.5 Å². The number of carbonyl (C=O) groups excluding carboxylic acids is 2. The van der Waals surface area contributed by atoms with Crippen molar-refractivity contribution in [1.82, 2.24) is 34.2 Å². The molecule has 1 aliphatic heterocycles. The molecule has 5 aromatic rings. The summed E-state index contributed by atoms with van der Waals surface area (Å²) < 4.78 is 2.05. The van der Waals surface area contributed by atoms with Crippen LogP contribution < -0.4 is 11.1 Å². The number of hydrogen-bond acceptors (Lipinski definition) is 9. The van der Waals surface area contributed by atoms with Crippen molar-refractivity contribution in [2.24, 2.45) is 0 Å². The zero-order chi connectivity index (χ0) is 30.5. The summed E-state index contributed by atoms with van der Waals surface area (Å²) in [5.41, 5.74) is 10.7. The van der Waals surface area contributed by atoms with Crippen molar-refractivity contribution in [3.8, 4) is 11.3 Å². The molecule has 1 fully saturated rings. The van der Waals surface area contributed by atoms with Crippen LogP contribution in [0.5, 0.6) is 0 Å². The maximum atomic E-state index is 12.8. The predicted octanol–water partition coefficient (Wildman–Crippen LogP) is 5.46. The van der Waals surface area contributed by atoms with Crippen LogP contribution in [0.15, 0.2) is 67.3 Å². The molecular weight excluding hydrogens is 566 g/mol. The van der Waals surface area contributed by atoms with Crippen molar-refractivity contribution in [1.29, 1.82) is 0 Å². The number of aromatic nitrogens is 6. The van der Waals surface area contributed by atoms with Crippen LogP contribution in [0.2, 0.25) is 5.28 Å². The summed E-state index contributed by atoms with van der Waals surface area (Å²) >= 11 is 5.34. The van der Waals surface area contributed by atoms with Crippen molar-refractivity contribution in [2.45, 2.75) is 38.6 Å². The van der Waals surface area contributed by atoms with E-state index in [1.54, 1.807) is 24.5 Å². The first-order valence-corrected chi connectivity index (χ1v) is 14.3. The van der Waals surface area contributed by atoms with Crippen molar-refractivity contribution >= 4 is 40.9 Å². The van der Waals surface area contributed by atoms with Gasteiger partial charge in [0.25, 0.3) is 5.91 Å². The van der Waals surface area contributed by atoms with Gasteiger partial charge in [-0.3, -0.25) is 18.9 Å². The van der Waals surface area contributed by atoms with Crippen LogP contribution in [-0.2, 0) is 0 Å². The monoisotopic (exact) mass is 597 g/mol. The number of carbonyl (C=O) groups is 2. The lowest BCUT2D eigenvalue weighted by Gasteiger charge is -2.18. The SMILES string of the molecule is CC(C)c1ccnc(NC(=O)c2ccc(-c3nc(C4CCCN4C)n4ccnc(N)c34)cc2)c1.O=Cc1ccnc(Cl)n1. The Morgan fingerprint density at radius 3 is 2.49 bits per heavy atom. The number of anilines is 2. The first kappa shape index (κ1) is 29.7. The number of aldehydes is 1. The lowest BCUT2D eigenvalue weighted by Crippen LogP contribution is -2.19. The normalized spacial score (nSPS) is 14.9. The van der Waals surface area contributed by atoms with E-state index >= 15 is 0 Å². The fourth-order valence-corrected chi connectivity index (χ4v) is 5.17. The van der Waals surface area contributed by atoms with Crippen LogP contribution in [0.4, 0.5) is 11.6 Å². The predicted molar refractivity (Wildman–Crippen MR) is 166 cm³/mol. The van der Waals surface area contributed by atoms with Crippen molar-refractivity contribution in [3.63, 3.8) is 0 Å². The highest BCUT2D eigenvalue weighted by Crippen LogP contribution is 2.35. The molecule has 0 spiro atoms. The number of pyridine rings is 1. The molecule has 1 atom stereocenters. The van der Waals surface area contributed by atoms with Gasteiger partial charge >= 0.3 is 0 Å². The number of fused-ring (bicyclic) bond motifs is 1. The van der Waals surface area contributed by atoms with Gasteiger partial charge in [-0.1, -0.05) is 26.0 Å². The molecule has 0 saturated carbocycles. The van der Waals surface area contributed by atoms with Gasteiger partial charge in [0.1, 0.15) is 34.4 Å². The molecule has 1 aromatic carbocycles. The molecule has 1 amide bonds. The summed E-state index contributed by atoms with van der Waals surface area (Å²) in [6.45, 7) is 5.27. The van der Waals surface area contributed by atoms with E-state index in [9.17, 15) is 9.59 Å². The first-order valence-electron chi connectivity index (χ1n) is 13.9. The van der Waals surface area contributed by atoms with Gasteiger partial charge in [0.2, 0.25) is 5.28 Å². The Balaban J connectivity index is 0.000000351. The smallest absolute Gasteiger partial charge is 0.256 e. The molecule has 220 valence electrons. The molecule has 0 bridgehead atoms. The van der Waals surface area contributed by atoms with Gasteiger partial charge in [0, 0.05) is 35.9 Å². The molecule has 1 aliphatic rings. The van der Waals surface area contributed by atoms with E-state index < -0.39 is 0 Å². The molecule has 3 N–H and O–H groups in total. The van der Waals surface area contributed by atoms with Gasteiger partial charge in [-0.2, -0.15) is 0 Å². The molecule has 0 radical (unpaired) electrons. The highest BCUT2D eigenvalue weighted by molar-refractivity contribution is 6.28. The molecule has 6 rings (SSSR count).